The van der Waals surface area contributed by atoms with Gasteiger partial charge in [0.2, 0.25) is 5.91 Å². The van der Waals surface area contributed by atoms with E-state index in [-0.39, 0.29) is 48.5 Å². The number of aliphatic carboxylic acids is 3. The van der Waals surface area contributed by atoms with Crippen LogP contribution in [0, 0.1) is 25.7 Å². The number of nitrogens with one attached hydrogen (secondary N) is 3. The molecule has 0 bridgehead atoms. The topological polar surface area (TPSA) is 234 Å². The summed E-state index contributed by atoms with van der Waals surface area (Å²) in [6, 6.07) is -1.05. The highest BCUT2D eigenvalue weighted by Crippen LogP contribution is 2.37. The highest BCUT2D eigenvalue weighted by Gasteiger charge is 2.39. The van der Waals surface area contributed by atoms with Gasteiger partial charge in [-0.25, -0.2) is 4.99 Å². The van der Waals surface area contributed by atoms with Crippen LogP contribution in [0.3, 0.4) is 0 Å². The fraction of sp³-hybridized carbons (Fsp3) is 0.389. The fourth-order valence-electron chi connectivity index (χ4n) is 6.35. The number of hydrogen-bond donors (Lipinski definition) is 5. The number of thioether (sulfide) groups is 1. The van der Waals surface area contributed by atoms with E-state index in [1.165, 1.54) is 17.8 Å². The molecule has 50 heavy (non-hydrogen) atoms. The Kier molecular flexibility index (Phi) is 11.9. The van der Waals surface area contributed by atoms with Gasteiger partial charge in [0.15, 0.2) is 0 Å². The molecule has 1 saturated heterocycles. The van der Waals surface area contributed by atoms with Crippen LogP contribution >= 0.6 is 11.8 Å². The first-order valence-electron chi connectivity index (χ1n) is 16.1. The average Bonchev–Trinajstić information content (AvgIpc) is 3.69. The third-order valence-corrected chi connectivity index (χ3v) is 10.7. The molecule has 2 aliphatic heterocycles. The van der Waals surface area contributed by atoms with Crippen LogP contribution in [0.2, 0.25) is 0 Å². The van der Waals surface area contributed by atoms with Crippen LogP contribution in [0.15, 0.2) is 34.5 Å². The molecule has 0 radical (unpaired) electrons. The zero-order chi connectivity index (χ0) is 37.0. The summed E-state index contributed by atoms with van der Waals surface area (Å²) in [7, 11) is 0. The Morgan fingerprint density at radius 1 is 0.980 bits per heavy atom. The van der Waals surface area contributed by atoms with Crippen LogP contribution in [-0.2, 0) is 36.8 Å². The molecular weight excluding hydrogens is 662 g/mol. The number of H-pyrrole nitrogens is 2. The quantitative estimate of drug-likeness (QED) is 0.162. The minimum atomic E-state index is -1.23. The minimum Gasteiger partial charge on any atom is -0.550 e. The summed E-state index contributed by atoms with van der Waals surface area (Å²) < 4.78 is 0. The Morgan fingerprint density at radius 3 is 2.20 bits per heavy atom. The molecule has 266 valence electrons. The van der Waals surface area contributed by atoms with Crippen LogP contribution in [0.4, 0.5) is 0 Å². The molecule has 0 unspecified atom stereocenters. The van der Waals surface area contributed by atoms with E-state index in [9.17, 15) is 39.3 Å². The molecule has 14 heteroatoms. The van der Waals surface area contributed by atoms with Crippen molar-refractivity contribution in [2.45, 2.75) is 71.6 Å². The van der Waals surface area contributed by atoms with Crippen molar-refractivity contribution in [3.63, 3.8) is 0 Å². The van der Waals surface area contributed by atoms with Crippen molar-refractivity contribution < 1.29 is 39.3 Å². The zero-order valence-electron chi connectivity index (χ0n) is 28.6. The lowest BCUT2D eigenvalue weighted by Crippen LogP contribution is -2.34. The largest absolute Gasteiger partial charge is 0.550 e. The van der Waals surface area contributed by atoms with Crippen LogP contribution < -0.4 is 32.0 Å². The summed E-state index contributed by atoms with van der Waals surface area (Å²) in [5.41, 5.74) is 11.9. The van der Waals surface area contributed by atoms with Gasteiger partial charge < -0.3 is 45.9 Å². The minimum absolute atomic E-state index is 0.130. The van der Waals surface area contributed by atoms with E-state index in [0.29, 0.717) is 55.8 Å². The van der Waals surface area contributed by atoms with E-state index in [0.717, 1.165) is 11.1 Å². The predicted octanol–water partition coefficient (Wildman–Crippen LogP) is -0.326. The van der Waals surface area contributed by atoms with E-state index in [1.54, 1.807) is 26.0 Å². The van der Waals surface area contributed by atoms with Gasteiger partial charge in [-0.15, -0.1) is 0 Å². The number of rotatable bonds is 15. The number of nitrogens with zero attached hydrogens (tertiary/aromatic N) is 1. The lowest BCUT2D eigenvalue weighted by Gasteiger charge is -2.23. The maximum atomic E-state index is 12.8. The van der Waals surface area contributed by atoms with Crippen LogP contribution in [0.1, 0.15) is 67.3 Å². The van der Waals surface area contributed by atoms with Gasteiger partial charge >= 0.3 is 5.97 Å². The lowest BCUT2D eigenvalue weighted by molar-refractivity contribution is -0.307. The first-order chi connectivity index (χ1) is 23.5. The fourth-order valence-corrected chi connectivity index (χ4v) is 7.60. The third kappa shape index (κ3) is 8.25. The van der Waals surface area contributed by atoms with Gasteiger partial charge in [-0.1, -0.05) is 26.5 Å². The van der Waals surface area contributed by atoms with Gasteiger partial charge in [-0.2, -0.15) is 11.8 Å². The molecule has 2 aromatic heterocycles. The maximum Gasteiger partial charge on any atom is 0.321 e. The molecule has 2 aliphatic rings. The molecule has 4 heterocycles. The van der Waals surface area contributed by atoms with Crippen LogP contribution in [-0.4, -0.2) is 67.6 Å². The van der Waals surface area contributed by atoms with Crippen molar-refractivity contribution in [3.8, 4) is 0 Å². The molecule has 6 N–H and O–H groups in total. The number of carbonyl (C=O) groups is 5. The second-order valence-corrected chi connectivity index (χ2v) is 14.0. The Labute approximate surface area is 293 Å². The van der Waals surface area contributed by atoms with Gasteiger partial charge in [-0.3, -0.25) is 14.4 Å². The highest BCUT2D eigenvalue weighted by atomic mass is 32.2. The van der Waals surface area contributed by atoms with Gasteiger partial charge in [0.1, 0.15) is 6.04 Å². The number of carboxylic acids is 3. The number of aliphatic imine (C=N–C) groups is 1. The van der Waals surface area contributed by atoms with Crippen molar-refractivity contribution >= 4 is 65.4 Å². The van der Waals surface area contributed by atoms with Gasteiger partial charge in [0.25, 0.3) is 5.91 Å². The summed E-state index contributed by atoms with van der Waals surface area (Å²) >= 11 is 1.36. The van der Waals surface area contributed by atoms with Gasteiger partial charge in [-0.05, 0) is 92.5 Å². The summed E-state index contributed by atoms with van der Waals surface area (Å²) in [6.45, 7) is 12.8. The number of allylic oxidation sites excluding steroid dienone is 2. The standard InChI is InChI=1S/C36H43N5O8S/c1-7-21-16(2)27(40-35(21)47)12-25-17(3)22(8-10-31(42)43)28(38-25)14-29-23(9-11-32(44)45)18(4)26(39-29)13-30-33(19(5)34(46)41-30)20(6)50-15-24(37)36(48)49/h7,12-14,19-20,24,33,38-39H,1,8-11,15,37H2,2-6H3,(H,41,46)(H,42,43)(H,44,45)(H,48,49)/p-2/b25-12+,28-14-,30-13-/t19-,20+,24-,33+/m1/s1. The molecule has 4 rings (SSSR count). The van der Waals surface area contributed by atoms with Gasteiger partial charge in [0.05, 0.1) is 5.71 Å². The number of carboxylic acid groups (broad SMARTS) is 3. The Bertz CT molecular complexity index is 1980. The summed E-state index contributed by atoms with van der Waals surface area (Å²) in [6.07, 6.45) is 6.54. The second-order valence-electron chi connectivity index (χ2n) is 12.6. The van der Waals surface area contributed by atoms with Crippen molar-refractivity contribution in [1.82, 2.24) is 15.3 Å². The molecule has 4 atom stereocenters. The Balaban J connectivity index is 1.85. The summed E-state index contributed by atoms with van der Waals surface area (Å²) in [5.74, 6) is -4.63. The first kappa shape index (κ1) is 37.9. The van der Waals surface area contributed by atoms with E-state index >= 15 is 0 Å². The average molecular weight is 704 g/mol. The summed E-state index contributed by atoms with van der Waals surface area (Å²) in [4.78, 5) is 70.3. The van der Waals surface area contributed by atoms with Crippen molar-refractivity contribution in [2.24, 2.45) is 22.6 Å². The van der Waals surface area contributed by atoms with E-state index in [4.69, 9.17) is 5.73 Å². The number of nitrogens with two attached hydrogens (primary N) is 1. The molecule has 0 saturated carbocycles. The molecule has 2 amide bonds. The maximum absolute atomic E-state index is 12.8. The predicted molar refractivity (Wildman–Crippen MR) is 187 cm³/mol. The normalized spacial score (nSPS) is 20.4. The smallest absolute Gasteiger partial charge is 0.321 e. The van der Waals surface area contributed by atoms with Crippen LogP contribution in [0.5, 0.6) is 0 Å². The van der Waals surface area contributed by atoms with Crippen molar-refractivity contribution in [2.75, 3.05) is 5.75 Å². The molecular formula is C36H41N5O8S-2. The highest BCUT2D eigenvalue weighted by molar-refractivity contribution is 8.00. The zero-order valence-corrected chi connectivity index (χ0v) is 29.4. The molecule has 0 spiro atoms. The van der Waals surface area contributed by atoms with Crippen LogP contribution in [0.25, 0.3) is 18.2 Å². The molecule has 2 aromatic rings. The Morgan fingerprint density at radius 2 is 1.62 bits per heavy atom. The number of aromatic nitrogens is 2. The number of hydrogen-bond acceptors (Lipinski definition) is 9. The second kappa shape index (κ2) is 15.7. The third-order valence-electron chi connectivity index (χ3n) is 9.32. The number of aromatic amines is 2. The molecule has 0 aromatic carbocycles. The van der Waals surface area contributed by atoms with E-state index < -0.39 is 35.8 Å². The lowest BCUT2D eigenvalue weighted by atomic mass is 9.91. The number of carbonyl (C=O) groups excluding carboxylic acids is 4. The van der Waals surface area contributed by atoms with E-state index in [1.807, 2.05) is 26.8 Å². The molecule has 1 fully saturated rings. The first-order valence-corrected chi connectivity index (χ1v) is 17.2. The van der Waals surface area contributed by atoms with Gasteiger partial charge in [0, 0.05) is 68.1 Å². The van der Waals surface area contributed by atoms with E-state index in [2.05, 4.69) is 26.9 Å². The molecule has 13 nitrogen and oxygen atoms in total. The SMILES string of the molecule is C=CC1=C(C)C(/C=c2/[nH]/c(=C\c3[nH]c(/C=C4\NC(=O)[C@H](C)[C@H]4[C@H](C)SC[C@@H](N)C(=O)O)c(C)c3CCC(=O)[O-])c(CCC(=O)[O-])c2C)=NC1=O. The van der Waals surface area contributed by atoms with Crippen molar-refractivity contribution in [1.29, 1.82) is 0 Å². The van der Waals surface area contributed by atoms with Crippen molar-refractivity contribution in [3.05, 3.63) is 73.8 Å². The summed E-state index contributed by atoms with van der Waals surface area (Å²) in [5, 5.41) is 36.2. The Hall–Kier alpha value is -4.95. The monoisotopic (exact) mass is 703 g/mol. The molecule has 0 aliphatic carbocycles. The number of amides is 2.